The van der Waals surface area contributed by atoms with E-state index in [1.807, 2.05) is 52.4 Å². The van der Waals surface area contributed by atoms with Gasteiger partial charge in [-0.15, -0.1) is 51.4 Å². The van der Waals surface area contributed by atoms with Crippen LogP contribution in [0.15, 0.2) is 0 Å². The average Bonchev–Trinajstić information content (AvgIpc) is 3.20. The lowest BCUT2D eigenvalue weighted by molar-refractivity contribution is 0.198. The van der Waals surface area contributed by atoms with E-state index in [1.54, 1.807) is 0 Å². The summed E-state index contributed by atoms with van der Waals surface area (Å²) in [5.74, 6) is 20.4. The Labute approximate surface area is 370 Å². The molecule has 0 unspecified atom stereocenters. The summed E-state index contributed by atoms with van der Waals surface area (Å²) in [5, 5.41) is 0. The van der Waals surface area contributed by atoms with Gasteiger partial charge in [-0.25, -0.2) is 0 Å². The highest BCUT2D eigenvalue weighted by Gasteiger charge is 2.59. The molecule has 0 atom stereocenters. The molecule has 0 radical (unpaired) electrons. The smallest absolute Gasteiger partial charge is 0.336 e. The topological polar surface area (TPSA) is 111 Å². The van der Waals surface area contributed by atoms with Crippen molar-refractivity contribution in [2.24, 2.45) is 0 Å². The Balaban J connectivity index is 3.99. The number of rotatable bonds is 28. The normalized spacial score (nSPS) is 23.5. The molecule has 12 nitrogen and oxygen atoms in total. The van der Waals surface area contributed by atoms with Gasteiger partial charge in [0.2, 0.25) is 0 Å². The molecule has 0 bridgehead atoms. The van der Waals surface area contributed by atoms with Gasteiger partial charge in [-0.2, -0.15) is 0 Å². The summed E-state index contributed by atoms with van der Waals surface area (Å²) in [7, 11) is -25.0. The van der Waals surface area contributed by atoms with Gasteiger partial charge in [-0.05, 0) is 101 Å². The van der Waals surface area contributed by atoms with Gasteiger partial charge in [0.15, 0.2) is 0 Å². The molecule has 1 rings (SSSR count). The Morgan fingerprint density at radius 1 is 0.317 bits per heavy atom. The van der Waals surface area contributed by atoms with Gasteiger partial charge in [0.1, 0.15) is 0 Å². The predicted molar refractivity (Wildman–Crippen MR) is 254 cm³/mol. The molecule has 328 valence electrons. The van der Waals surface area contributed by atoms with Gasteiger partial charge in [-0.1, -0.05) is 47.4 Å². The van der Waals surface area contributed by atoms with Crippen molar-refractivity contribution in [2.45, 2.75) is 101 Å². The van der Waals surface area contributed by atoms with Crippen LogP contribution in [0.1, 0.15) is 0 Å². The third-order valence-corrected chi connectivity index (χ3v) is 40.7. The van der Waals surface area contributed by atoms with Crippen LogP contribution in [0.3, 0.4) is 0 Å². The van der Waals surface area contributed by atoms with Crippen LogP contribution >= 0.6 is 0 Å². The van der Waals surface area contributed by atoms with Crippen molar-refractivity contribution < 1.29 is 51.9 Å². The molecular formula is C40H64O12Si8. The van der Waals surface area contributed by atoms with E-state index in [0.29, 0.717) is 48.4 Å². The van der Waals surface area contributed by atoms with Gasteiger partial charge < -0.3 is 51.9 Å². The second-order valence-electron chi connectivity index (χ2n) is 15.4. The third kappa shape index (κ3) is 20.7. The van der Waals surface area contributed by atoms with Crippen LogP contribution in [-0.4, -0.2) is 121 Å². The van der Waals surface area contributed by atoms with E-state index < -0.39 is 68.5 Å². The molecule has 0 saturated carbocycles. The van der Waals surface area contributed by atoms with E-state index in [0.717, 1.165) is 0 Å². The second kappa shape index (κ2) is 26.4. The highest BCUT2D eigenvalue weighted by atomic mass is 28.5. The second-order valence-corrected chi connectivity index (χ2v) is 43.1. The first-order valence-electron chi connectivity index (χ1n) is 19.5. The zero-order chi connectivity index (χ0) is 45.5. The molecule has 1 aliphatic rings. The summed E-state index contributed by atoms with van der Waals surface area (Å²) in [6.45, 7) is 16.4. The lowest BCUT2D eigenvalue weighted by Gasteiger charge is -2.51. The Morgan fingerprint density at radius 3 is 0.567 bits per heavy atom. The van der Waals surface area contributed by atoms with E-state index in [1.165, 1.54) is 0 Å². The number of hydrogen-bond donors (Lipinski definition) is 0. The van der Waals surface area contributed by atoms with E-state index in [4.69, 9.17) is 103 Å². The molecule has 1 aliphatic heterocycles. The minimum absolute atomic E-state index is 0.0672. The molecule has 20 heteroatoms. The molecule has 1 saturated heterocycles. The highest BCUT2D eigenvalue weighted by molar-refractivity contribution is 6.95. The zero-order valence-corrected chi connectivity index (χ0v) is 44.8. The van der Waals surface area contributed by atoms with Gasteiger partial charge in [0.25, 0.3) is 0 Å². The molecule has 0 amide bonds. The first-order chi connectivity index (χ1) is 28.1. The van der Waals surface area contributed by atoms with Crippen LogP contribution in [0.4, 0.5) is 0 Å². The van der Waals surface area contributed by atoms with Crippen LogP contribution < -0.4 is 0 Å². The summed E-state index contributed by atoms with van der Waals surface area (Å²) in [6, 6.07) is 3.70. The van der Waals surface area contributed by atoms with Crippen LogP contribution in [-0.2, 0) is 51.9 Å². The van der Waals surface area contributed by atoms with Crippen LogP contribution in [0, 0.1) is 98.8 Å². The van der Waals surface area contributed by atoms with Gasteiger partial charge >= 0.3 is 68.5 Å². The van der Waals surface area contributed by atoms with Crippen molar-refractivity contribution in [1.29, 1.82) is 0 Å². The standard InChI is InChI=1S/C40H64O12Si8/c1-17-25-41-53(9,42-26-18-2)33-37-57(13)49-58(14,38-34-54(10,43-27-19-3)44-28-20-4)51-60(16,40-36-56(12,47-31-23-7)48-32-24-8)52-59(15,50-57)39-35-55(11,45-29-21-5)46-30-22-6/h1-8H,25-40H2,9-16H3. The third-order valence-electron chi connectivity index (χ3n) is 9.55. The maximum atomic E-state index is 7.46. The Kier molecular flexibility index (Phi) is 24.5. The van der Waals surface area contributed by atoms with E-state index >= 15 is 0 Å². The van der Waals surface area contributed by atoms with Crippen molar-refractivity contribution in [1.82, 2.24) is 0 Å². The van der Waals surface area contributed by atoms with Crippen molar-refractivity contribution >= 4 is 68.5 Å². The fraction of sp³-hybridized carbons (Fsp3) is 0.600. The monoisotopic (exact) mass is 960 g/mol. The fourth-order valence-corrected chi connectivity index (χ4v) is 45.6. The van der Waals surface area contributed by atoms with Crippen molar-refractivity contribution in [3.8, 4) is 98.8 Å². The lowest BCUT2D eigenvalue weighted by Crippen LogP contribution is -2.68. The summed E-state index contributed by atoms with van der Waals surface area (Å²) < 4.78 is 79.2. The Morgan fingerprint density at radius 2 is 0.450 bits per heavy atom. The van der Waals surface area contributed by atoms with Gasteiger partial charge in [0.05, 0.1) is 52.9 Å². The SMILES string of the molecule is C#CCO[Si](C)(CC[Si]1(C)O[Si](C)(CC[Si](C)(OCC#C)OCC#C)O[Si](C)(CC[Si](C)(OCC#C)OCC#C)O[Si](C)(CC[Si](C)(OCC#C)OCC#C)O1)OCC#C. The molecule has 0 aromatic carbocycles. The first-order valence-corrected chi connectivity index (χ1v) is 39.7. The molecule has 0 N–H and O–H groups in total. The number of hydrogen-bond acceptors (Lipinski definition) is 12. The molecule has 1 heterocycles. The van der Waals surface area contributed by atoms with Crippen molar-refractivity contribution in [2.75, 3.05) is 52.9 Å². The summed E-state index contributed by atoms with van der Waals surface area (Å²) >= 11 is 0. The first kappa shape index (κ1) is 55.8. The lowest BCUT2D eigenvalue weighted by atomic mass is 10.8. The molecule has 0 aromatic rings. The maximum Gasteiger partial charge on any atom is 0.336 e. The van der Waals surface area contributed by atoms with Crippen LogP contribution in [0.5, 0.6) is 0 Å². The predicted octanol–water partition coefficient (Wildman–Crippen LogP) is 5.84. The van der Waals surface area contributed by atoms with Crippen LogP contribution in [0.2, 0.25) is 101 Å². The van der Waals surface area contributed by atoms with Crippen LogP contribution in [0.25, 0.3) is 0 Å². The van der Waals surface area contributed by atoms with E-state index in [-0.39, 0.29) is 52.9 Å². The highest BCUT2D eigenvalue weighted by Crippen LogP contribution is 2.42. The zero-order valence-electron chi connectivity index (χ0n) is 36.8. The van der Waals surface area contributed by atoms with Gasteiger partial charge in [-0.3, -0.25) is 0 Å². The summed E-state index contributed by atoms with van der Waals surface area (Å²) in [5.41, 5.74) is 0. The molecule has 60 heavy (non-hydrogen) atoms. The maximum absolute atomic E-state index is 7.46. The minimum Gasteiger partial charge on any atom is -0.416 e. The molecular weight excluding hydrogens is 897 g/mol. The quantitative estimate of drug-likeness (QED) is 0.0695. The Hall–Kier alpha value is -2.26. The molecule has 0 aromatic heterocycles. The van der Waals surface area contributed by atoms with Crippen molar-refractivity contribution in [3.05, 3.63) is 0 Å². The molecule has 1 fully saturated rings. The Bertz CT molecular complexity index is 1380. The van der Waals surface area contributed by atoms with Crippen molar-refractivity contribution in [3.63, 3.8) is 0 Å². The van der Waals surface area contributed by atoms with E-state index in [2.05, 4.69) is 47.4 Å². The van der Waals surface area contributed by atoms with E-state index in [9.17, 15) is 0 Å². The minimum atomic E-state index is -3.31. The largest absolute Gasteiger partial charge is 0.416 e. The molecule has 0 aliphatic carbocycles. The molecule has 0 spiro atoms. The number of terminal acetylenes is 8. The van der Waals surface area contributed by atoms with Gasteiger partial charge in [0, 0.05) is 0 Å². The summed E-state index contributed by atoms with van der Waals surface area (Å²) in [4.78, 5) is 0. The average molecular weight is 962 g/mol. The fourth-order valence-electron chi connectivity index (χ4n) is 6.43. The summed E-state index contributed by atoms with van der Waals surface area (Å²) in [6.07, 6.45) is 44.8.